The Kier molecular flexibility index (Phi) is 8.06. The fourth-order valence-corrected chi connectivity index (χ4v) is 2.42. The number of carbonyl (C=O) groups is 1. The highest BCUT2D eigenvalue weighted by Crippen LogP contribution is 2.26. The van der Waals surface area contributed by atoms with E-state index in [0.717, 1.165) is 19.5 Å². The zero-order valence-corrected chi connectivity index (χ0v) is 13.9. The molecule has 1 aliphatic rings. The summed E-state index contributed by atoms with van der Waals surface area (Å²) in [5.41, 5.74) is 0. The molecule has 0 saturated carbocycles. The SMILES string of the molecule is CCOc1ccccc1OCC(=O)NC1CNCCC1C.Cl. The van der Waals surface area contributed by atoms with Gasteiger partial charge >= 0.3 is 0 Å². The van der Waals surface area contributed by atoms with Crippen LogP contribution in [0.15, 0.2) is 24.3 Å². The molecule has 1 aliphatic heterocycles. The largest absolute Gasteiger partial charge is 0.490 e. The first-order chi connectivity index (χ1) is 10.2. The maximum absolute atomic E-state index is 12.0. The van der Waals surface area contributed by atoms with Crippen molar-refractivity contribution in [1.82, 2.24) is 10.6 Å². The summed E-state index contributed by atoms with van der Waals surface area (Å²) < 4.78 is 11.0. The predicted octanol–water partition coefficient (Wildman–Crippen LogP) is 2.00. The average Bonchev–Trinajstić information content (AvgIpc) is 2.49. The summed E-state index contributed by atoms with van der Waals surface area (Å²) in [6.07, 6.45) is 1.08. The molecule has 2 N–H and O–H groups in total. The number of ether oxygens (including phenoxy) is 2. The van der Waals surface area contributed by atoms with Crippen molar-refractivity contribution in [2.24, 2.45) is 5.92 Å². The van der Waals surface area contributed by atoms with Gasteiger partial charge in [0.15, 0.2) is 18.1 Å². The van der Waals surface area contributed by atoms with E-state index in [2.05, 4.69) is 17.6 Å². The summed E-state index contributed by atoms with van der Waals surface area (Å²) in [5.74, 6) is 1.66. The highest BCUT2D eigenvalue weighted by atomic mass is 35.5. The predicted molar refractivity (Wildman–Crippen MR) is 88.9 cm³/mol. The van der Waals surface area contributed by atoms with E-state index in [4.69, 9.17) is 9.47 Å². The van der Waals surface area contributed by atoms with Crippen molar-refractivity contribution in [3.63, 3.8) is 0 Å². The van der Waals surface area contributed by atoms with Gasteiger partial charge in [-0.15, -0.1) is 12.4 Å². The van der Waals surface area contributed by atoms with Crippen LogP contribution in [0.1, 0.15) is 20.3 Å². The van der Waals surface area contributed by atoms with Crippen LogP contribution in [-0.4, -0.2) is 38.3 Å². The van der Waals surface area contributed by atoms with Crippen molar-refractivity contribution in [1.29, 1.82) is 0 Å². The molecule has 0 spiro atoms. The summed E-state index contributed by atoms with van der Waals surface area (Å²) in [6, 6.07) is 7.57. The lowest BCUT2D eigenvalue weighted by Gasteiger charge is -2.30. The van der Waals surface area contributed by atoms with Gasteiger partial charge in [0.2, 0.25) is 0 Å². The molecule has 6 heteroatoms. The lowest BCUT2D eigenvalue weighted by atomic mass is 9.95. The van der Waals surface area contributed by atoms with Crippen LogP contribution in [-0.2, 0) is 4.79 Å². The van der Waals surface area contributed by atoms with E-state index in [-0.39, 0.29) is 31.0 Å². The Bertz CT molecular complexity index is 470. The Morgan fingerprint density at radius 1 is 1.32 bits per heavy atom. The van der Waals surface area contributed by atoms with Gasteiger partial charge in [0.05, 0.1) is 6.61 Å². The summed E-state index contributed by atoms with van der Waals surface area (Å²) in [7, 11) is 0. The number of amides is 1. The Morgan fingerprint density at radius 3 is 2.64 bits per heavy atom. The lowest BCUT2D eigenvalue weighted by Crippen LogP contribution is -2.51. The minimum atomic E-state index is -0.0955. The van der Waals surface area contributed by atoms with Crippen LogP contribution in [0.3, 0.4) is 0 Å². The Balaban J connectivity index is 0.00000242. The first-order valence-electron chi connectivity index (χ1n) is 7.55. The molecule has 5 nitrogen and oxygen atoms in total. The number of piperidine rings is 1. The van der Waals surface area contributed by atoms with Crippen LogP contribution >= 0.6 is 12.4 Å². The van der Waals surface area contributed by atoms with Gasteiger partial charge in [-0.2, -0.15) is 0 Å². The molecule has 2 atom stereocenters. The van der Waals surface area contributed by atoms with Crippen LogP contribution in [0.5, 0.6) is 11.5 Å². The second-order valence-electron chi connectivity index (χ2n) is 5.31. The zero-order valence-electron chi connectivity index (χ0n) is 13.1. The lowest BCUT2D eigenvalue weighted by molar-refractivity contribution is -0.124. The molecule has 1 amide bonds. The van der Waals surface area contributed by atoms with Crippen molar-refractivity contribution in [3.05, 3.63) is 24.3 Å². The zero-order chi connectivity index (χ0) is 15.1. The van der Waals surface area contributed by atoms with E-state index >= 15 is 0 Å². The first-order valence-corrected chi connectivity index (χ1v) is 7.55. The molecule has 0 radical (unpaired) electrons. The summed E-state index contributed by atoms with van der Waals surface area (Å²) in [6.45, 7) is 6.50. The first kappa shape index (κ1) is 18.6. The molecule has 1 saturated heterocycles. The van der Waals surface area contributed by atoms with Gasteiger partial charge < -0.3 is 20.1 Å². The molecular weight excluding hydrogens is 304 g/mol. The summed E-state index contributed by atoms with van der Waals surface area (Å²) in [5, 5.41) is 6.32. The minimum absolute atomic E-state index is 0. The third-order valence-electron chi connectivity index (χ3n) is 3.68. The van der Waals surface area contributed by atoms with E-state index < -0.39 is 0 Å². The molecule has 22 heavy (non-hydrogen) atoms. The smallest absolute Gasteiger partial charge is 0.258 e. The molecule has 124 valence electrons. The standard InChI is InChI=1S/C16H24N2O3.ClH/c1-3-20-14-6-4-5-7-15(14)21-11-16(19)18-13-10-17-9-8-12(13)2;/h4-7,12-13,17H,3,8-11H2,1-2H3,(H,18,19);1H. The number of nitrogens with one attached hydrogen (secondary N) is 2. The number of carbonyl (C=O) groups excluding carboxylic acids is 1. The number of para-hydroxylation sites is 2. The van der Waals surface area contributed by atoms with Crippen LogP contribution in [0.2, 0.25) is 0 Å². The Hall–Kier alpha value is -1.46. The van der Waals surface area contributed by atoms with Crippen molar-refractivity contribution >= 4 is 18.3 Å². The van der Waals surface area contributed by atoms with Crippen molar-refractivity contribution in [3.8, 4) is 11.5 Å². The second-order valence-corrected chi connectivity index (χ2v) is 5.31. The average molecular weight is 329 g/mol. The molecule has 1 heterocycles. The quantitative estimate of drug-likeness (QED) is 0.838. The highest BCUT2D eigenvalue weighted by molar-refractivity contribution is 5.85. The molecule has 0 aliphatic carbocycles. The molecule has 1 aromatic rings. The fourth-order valence-electron chi connectivity index (χ4n) is 2.42. The van der Waals surface area contributed by atoms with E-state index in [1.165, 1.54) is 0 Å². The summed E-state index contributed by atoms with van der Waals surface area (Å²) in [4.78, 5) is 12.0. The normalized spacial score (nSPS) is 20.6. The third-order valence-corrected chi connectivity index (χ3v) is 3.68. The third kappa shape index (κ3) is 5.39. The molecule has 2 unspecified atom stereocenters. The molecule has 2 rings (SSSR count). The van der Waals surface area contributed by atoms with Crippen molar-refractivity contribution in [2.75, 3.05) is 26.3 Å². The topological polar surface area (TPSA) is 59.6 Å². The van der Waals surface area contributed by atoms with Gasteiger partial charge in [0, 0.05) is 12.6 Å². The van der Waals surface area contributed by atoms with Gasteiger partial charge in [-0.25, -0.2) is 0 Å². The second kappa shape index (κ2) is 9.54. The molecular formula is C16H25ClN2O3. The minimum Gasteiger partial charge on any atom is -0.490 e. The summed E-state index contributed by atoms with van der Waals surface area (Å²) >= 11 is 0. The monoisotopic (exact) mass is 328 g/mol. The van der Waals surface area contributed by atoms with Gasteiger partial charge in [-0.05, 0) is 37.9 Å². The van der Waals surface area contributed by atoms with E-state index in [1.807, 2.05) is 31.2 Å². The van der Waals surface area contributed by atoms with Gasteiger partial charge in [0.1, 0.15) is 0 Å². The fraction of sp³-hybridized carbons (Fsp3) is 0.562. The number of hydrogen-bond donors (Lipinski definition) is 2. The maximum atomic E-state index is 12.0. The van der Waals surface area contributed by atoms with Gasteiger partial charge in [-0.1, -0.05) is 19.1 Å². The molecule has 1 fully saturated rings. The Morgan fingerprint density at radius 2 is 2.00 bits per heavy atom. The van der Waals surface area contributed by atoms with E-state index in [9.17, 15) is 4.79 Å². The number of benzene rings is 1. The molecule has 0 aromatic heterocycles. The van der Waals surface area contributed by atoms with E-state index in [1.54, 1.807) is 0 Å². The van der Waals surface area contributed by atoms with Crippen molar-refractivity contribution in [2.45, 2.75) is 26.3 Å². The van der Waals surface area contributed by atoms with Crippen LogP contribution < -0.4 is 20.1 Å². The van der Waals surface area contributed by atoms with Crippen molar-refractivity contribution < 1.29 is 14.3 Å². The molecule has 0 bridgehead atoms. The van der Waals surface area contributed by atoms with E-state index in [0.29, 0.717) is 24.0 Å². The van der Waals surface area contributed by atoms with Crippen LogP contribution in [0, 0.1) is 5.92 Å². The van der Waals surface area contributed by atoms with Crippen LogP contribution in [0.4, 0.5) is 0 Å². The van der Waals surface area contributed by atoms with Crippen LogP contribution in [0.25, 0.3) is 0 Å². The number of rotatable bonds is 6. The molecule has 1 aromatic carbocycles. The highest BCUT2D eigenvalue weighted by Gasteiger charge is 2.22. The van der Waals surface area contributed by atoms with Gasteiger partial charge in [0.25, 0.3) is 5.91 Å². The van der Waals surface area contributed by atoms with Gasteiger partial charge in [-0.3, -0.25) is 4.79 Å². The maximum Gasteiger partial charge on any atom is 0.258 e. The number of halogens is 1. The number of hydrogen-bond acceptors (Lipinski definition) is 4. The Labute approximate surface area is 138 Å².